The number of rotatable bonds is 8. The normalized spacial score (nSPS) is 13.6. The Balaban J connectivity index is 3.32. The van der Waals surface area contributed by atoms with Crippen molar-refractivity contribution in [2.45, 2.75) is 52.6 Å². The van der Waals surface area contributed by atoms with E-state index in [0.717, 1.165) is 45.3 Å². The molecule has 80 valence electrons. The van der Waals surface area contributed by atoms with E-state index >= 15 is 0 Å². The van der Waals surface area contributed by atoms with E-state index in [1.165, 1.54) is 0 Å². The third kappa shape index (κ3) is 7.03. The van der Waals surface area contributed by atoms with Gasteiger partial charge < -0.3 is 10.0 Å². The van der Waals surface area contributed by atoms with E-state index in [1.807, 2.05) is 0 Å². The zero-order chi connectivity index (χ0) is 10.1. The molecule has 2 nitrogen and oxygen atoms in total. The highest BCUT2D eigenvalue weighted by molar-refractivity contribution is 4.58. The molecule has 0 aliphatic rings. The summed E-state index contributed by atoms with van der Waals surface area (Å²) in [5.41, 5.74) is 0. The van der Waals surface area contributed by atoms with E-state index in [0.29, 0.717) is 0 Å². The summed E-state index contributed by atoms with van der Waals surface area (Å²) in [5.74, 6) is 0. The molecular weight excluding hydrogens is 162 g/mol. The molecule has 0 saturated heterocycles. The summed E-state index contributed by atoms with van der Waals surface area (Å²) in [6.07, 6.45) is 4.07. The summed E-state index contributed by atoms with van der Waals surface area (Å²) in [6, 6.07) is 0. The average Bonchev–Trinajstić information content (AvgIpc) is 2.13. The summed E-state index contributed by atoms with van der Waals surface area (Å²) in [7, 11) is 0. The molecule has 0 amide bonds. The van der Waals surface area contributed by atoms with E-state index in [-0.39, 0.29) is 6.10 Å². The van der Waals surface area contributed by atoms with Crippen molar-refractivity contribution < 1.29 is 5.11 Å². The van der Waals surface area contributed by atoms with Crippen LogP contribution in [0.4, 0.5) is 0 Å². The van der Waals surface area contributed by atoms with Crippen molar-refractivity contribution in [3.05, 3.63) is 0 Å². The topological polar surface area (TPSA) is 23.5 Å². The average molecular weight is 187 g/mol. The van der Waals surface area contributed by atoms with Crippen molar-refractivity contribution in [1.82, 2.24) is 4.90 Å². The molecule has 0 aliphatic heterocycles. The van der Waals surface area contributed by atoms with Gasteiger partial charge >= 0.3 is 0 Å². The first-order valence-electron chi connectivity index (χ1n) is 5.64. The van der Waals surface area contributed by atoms with Crippen LogP contribution in [0.5, 0.6) is 0 Å². The highest BCUT2D eigenvalue weighted by atomic mass is 16.3. The Morgan fingerprint density at radius 2 is 1.69 bits per heavy atom. The highest BCUT2D eigenvalue weighted by Gasteiger charge is 2.03. The molecule has 0 aromatic carbocycles. The summed E-state index contributed by atoms with van der Waals surface area (Å²) in [6.45, 7) is 9.88. The number of nitrogens with zero attached hydrogens (tertiary/aromatic N) is 1. The number of hydrogen-bond donors (Lipinski definition) is 1. The Morgan fingerprint density at radius 3 is 2.15 bits per heavy atom. The van der Waals surface area contributed by atoms with Gasteiger partial charge in [0.25, 0.3) is 0 Å². The molecule has 0 aliphatic carbocycles. The van der Waals surface area contributed by atoms with Crippen LogP contribution in [-0.2, 0) is 0 Å². The van der Waals surface area contributed by atoms with Gasteiger partial charge in [0.2, 0.25) is 0 Å². The van der Waals surface area contributed by atoms with Crippen molar-refractivity contribution in [3.63, 3.8) is 0 Å². The second kappa shape index (κ2) is 8.52. The van der Waals surface area contributed by atoms with Crippen molar-refractivity contribution >= 4 is 0 Å². The smallest absolute Gasteiger partial charge is 0.0540 e. The number of hydrogen-bond acceptors (Lipinski definition) is 2. The molecule has 0 spiro atoms. The van der Waals surface area contributed by atoms with Crippen molar-refractivity contribution in [2.75, 3.05) is 19.6 Å². The molecule has 1 atom stereocenters. The van der Waals surface area contributed by atoms with Gasteiger partial charge in [0, 0.05) is 0 Å². The van der Waals surface area contributed by atoms with Gasteiger partial charge in [0.1, 0.15) is 0 Å². The molecule has 1 N–H and O–H groups in total. The van der Waals surface area contributed by atoms with Crippen LogP contribution >= 0.6 is 0 Å². The predicted octanol–water partition coefficient (Wildman–Crippen LogP) is 2.27. The molecule has 0 fully saturated rings. The first-order valence-corrected chi connectivity index (χ1v) is 5.64. The van der Waals surface area contributed by atoms with Crippen LogP contribution in [0.3, 0.4) is 0 Å². The fourth-order valence-electron chi connectivity index (χ4n) is 1.57. The maximum Gasteiger partial charge on any atom is 0.0540 e. The second-order valence-electron chi connectivity index (χ2n) is 3.61. The van der Waals surface area contributed by atoms with Crippen molar-refractivity contribution in [2.24, 2.45) is 0 Å². The molecule has 13 heavy (non-hydrogen) atoms. The Kier molecular flexibility index (Phi) is 8.46. The third-order valence-electron chi connectivity index (χ3n) is 2.53. The Labute approximate surface area is 82.9 Å². The van der Waals surface area contributed by atoms with Gasteiger partial charge in [-0.25, -0.2) is 0 Å². The third-order valence-corrected chi connectivity index (χ3v) is 2.53. The van der Waals surface area contributed by atoms with Gasteiger partial charge in [0.05, 0.1) is 6.10 Å². The van der Waals surface area contributed by atoms with Crippen molar-refractivity contribution in [1.29, 1.82) is 0 Å². The molecule has 0 heterocycles. The van der Waals surface area contributed by atoms with Gasteiger partial charge in [-0.3, -0.25) is 0 Å². The Hall–Kier alpha value is -0.0800. The standard InChI is InChI=1S/C11H25NO/c1-4-8-11(13)9-7-10-12(5-2)6-3/h11,13H,4-10H2,1-3H3/t11-/m0/s1. The van der Waals surface area contributed by atoms with E-state index in [4.69, 9.17) is 0 Å². The summed E-state index contributed by atoms with van der Waals surface area (Å²) >= 11 is 0. The maximum atomic E-state index is 9.49. The monoisotopic (exact) mass is 187 g/mol. The largest absolute Gasteiger partial charge is 0.393 e. The first-order chi connectivity index (χ1) is 6.24. The quantitative estimate of drug-likeness (QED) is 0.630. The number of aliphatic hydroxyl groups is 1. The first kappa shape index (κ1) is 12.9. The van der Waals surface area contributed by atoms with Gasteiger partial charge in [-0.15, -0.1) is 0 Å². The van der Waals surface area contributed by atoms with Crippen molar-refractivity contribution in [3.8, 4) is 0 Å². The summed E-state index contributed by atoms with van der Waals surface area (Å²) < 4.78 is 0. The molecule has 0 aromatic heterocycles. The summed E-state index contributed by atoms with van der Waals surface area (Å²) in [4.78, 5) is 2.40. The lowest BCUT2D eigenvalue weighted by Crippen LogP contribution is -2.24. The Bertz CT molecular complexity index is 102. The predicted molar refractivity (Wildman–Crippen MR) is 57.9 cm³/mol. The molecular formula is C11H25NO. The fourth-order valence-corrected chi connectivity index (χ4v) is 1.57. The summed E-state index contributed by atoms with van der Waals surface area (Å²) in [5, 5.41) is 9.49. The molecule has 0 aromatic rings. The van der Waals surface area contributed by atoms with Crippen LogP contribution in [0, 0.1) is 0 Å². The SMILES string of the molecule is CCC[C@H](O)CCCN(CC)CC. The lowest BCUT2D eigenvalue weighted by atomic mass is 10.1. The minimum atomic E-state index is -0.0689. The van der Waals surface area contributed by atoms with E-state index in [1.54, 1.807) is 0 Å². The zero-order valence-electron chi connectivity index (χ0n) is 9.42. The van der Waals surface area contributed by atoms with Gasteiger partial charge in [0.15, 0.2) is 0 Å². The molecule has 0 bridgehead atoms. The Morgan fingerprint density at radius 1 is 1.08 bits per heavy atom. The van der Waals surface area contributed by atoms with Crippen LogP contribution in [0.1, 0.15) is 46.5 Å². The minimum absolute atomic E-state index is 0.0689. The lowest BCUT2D eigenvalue weighted by Gasteiger charge is -2.18. The minimum Gasteiger partial charge on any atom is -0.393 e. The van der Waals surface area contributed by atoms with E-state index in [2.05, 4.69) is 25.7 Å². The van der Waals surface area contributed by atoms with E-state index in [9.17, 15) is 5.11 Å². The molecule has 0 rings (SSSR count). The van der Waals surface area contributed by atoms with E-state index < -0.39 is 0 Å². The van der Waals surface area contributed by atoms with Crippen LogP contribution in [-0.4, -0.2) is 35.7 Å². The molecule has 2 heteroatoms. The van der Waals surface area contributed by atoms with Gasteiger partial charge in [-0.2, -0.15) is 0 Å². The van der Waals surface area contributed by atoms with Crippen LogP contribution in [0.25, 0.3) is 0 Å². The van der Waals surface area contributed by atoms with Crippen LogP contribution < -0.4 is 0 Å². The lowest BCUT2D eigenvalue weighted by molar-refractivity contribution is 0.144. The van der Waals surface area contributed by atoms with Crippen LogP contribution in [0.15, 0.2) is 0 Å². The highest BCUT2D eigenvalue weighted by Crippen LogP contribution is 2.05. The molecule has 0 radical (unpaired) electrons. The molecule has 0 saturated carbocycles. The molecule has 0 unspecified atom stereocenters. The zero-order valence-corrected chi connectivity index (χ0v) is 9.42. The maximum absolute atomic E-state index is 9.49. The fraction of sp³-hybridized carbons (Fsp3) is 1.00. The number of aliphatic hydroxyl groups excluding tert-OH is 1. The second-order valence-corrected chi connectivity index (χ2v) is 3.61. The van der Waals surface area contributed by atoms with Crippen LogP contribution in [0.2, 0.25) is 0 Å². The van der Waals surface area contributed by atoms with Gasteiger partial charge in [-0.05, 0) is 38.9 Å². The van der Waals surface area contributed by atoms with Gasteiger partial charge in [-0.1, -0.05) is 27.2 Å².